The maximum Gasteiger partial charge on any atom is 0.124 e. The monoisotopic (exact) mass is 226 g/mol. The zero-order valence-electron chi connectivity index (χ0n) is 10.6. The van der Waals surface area contributed by atoms with E-state index in [0.717, 1.165) is 18.7 Å². The molecule has 1 unspecified atom stereocenters. The minimum absolute atomic E-state index is 0.583. The number of hydrogen-bond donors (Lipinski definition) is 1. The summed E-state index contributed by atoms with van der Waals surface area (Å²) in [4.78, 5) is 0. The first kappa shape index (κ1) is 13.2. The topological polar surface area (TPSA) is 47.3 Å². The van der Waals surface area contributed by atoms with Crippen LogP contribution in [0.2, 0.25) is 0 Å². The zero-order chi connectivity index (χ0) is 12.2. The van der Waals surface area contributed by atoms with Crippen molar-refractivity contribution in [3.8, 4) is 0 Å². The summed E-state index contributed by atoms with van der Waals surface area (Å²) in [6.07, 6.45) is 2.06. The summed E-state index contributed by atoms with van der Waals surface area (Å²) in [6.45, 7) is 9.21. The second-order valence-corrected chi connectivity index (χ2v) is 4.42. The van der Waals surface area contributed by atoms with Crippen LogP contribution in [0.1, 0.15) is 45.9 Å². The van der Waals surface area contributed by atoms with Gasteiger partial charge in [0.15, 0.2) is 0 Å². The molecule has 0 aliphatic rings. The van der Waals surface area contributed by atoms with Crippen LogP contribution in [0, 0.1) is 0 Å². The summed E-state index contributed by atoms with van der Waals surface area (Å²) in [7, 11) is 0. The van der Waals surface area contributed by atoms with Crippen LogP contribution >= 0.6 is 0 Å². The summed E-state index contributed by atoms with van der Waals surface area (Å²) in [5.41, 5.74) is 0.237. The molecule has 16 heavy (non-hydrogen) atoms. The van der Waals surface area contributed by atoms with Crippen LogP contribution in [0.5, 0.6) is 0 Å². The average molecular weight is 226 g/mol. The molecule has 4 nitrogen and oxygen atoms in total. The van der Waals surface area contributed by atoms with Crippen molar-refractivity contribution in [3.63, 3.8) is 0 Å². The van der Waals surface area contributed by atoms with E-state index in [0.29, 0.717) is 6.61 Å². The Kier molecular flexibility index (Phi) is 4.50. The van der Waals surface area contributed by atoms with Crippen molar-refractivity contribution in [2.45, 2.75) is 52.4 Å². The Balaban J connectivity index is 2.86. The van der Waals surface area contributed by atoms with Crippen molar-refractivity contribution in [2.75, 3.05) is 6.61 Å². The minimum Gasteiger partial charge on any atom is -0.384 e. The van der Waals surface area contributed by atoms with Gasteiger partial charge in [0.05, 0.1) is 11.3 Å². The number of aromatic nitrogens is 2. The van der Waals surface area contributed by atoms with Gasteiger partial charge < -0.3 is 9.84 Å². The molecule has 0 fully saturated rings. The van der Waals surface area contributed by atoms with Crippen molar-refractivity contribution < 1.29 is 9.84 Å². The maximum atomic E-state index is 10.3. The molecule has 1 N–H and O–H groups in total. The third kappa shape index (κ3) is 2.83. The highest BCUT2D eigenvalue weighted by Gasteiger charge is 2.31. The van der Waals surface area contributed by atoms with Gasteiger partial charge in [-0.3, -0.25) is 4.68 Å². The summed E-state index contributed by atoms with van der Waals surface area (Å²) >= 11 is 0. The predicted molar refractivity (Wildman–Crippen MR) is 63.2 cm³/mol. The number of hydrogen-bond acceptors (Lipinski definition) is 3. The Hall–Kier alpha value is -0.870. The fraction of sp³-hybridized carbons (Fsp3) is 0.750. The molecule has 0 bridgehead atoms. The lowest BCUT2D eigenvalue weighted by Crippen LogP contribution is -2.34. The van der Waals surface area contributed by atoms with Crippen LogP contribution in [-0.2, 0) is 11.3 Å². The lowest BCUT2D eigenvalue weighted by molar-refractivity contribution is -0.101. The van der Waals surface area contributed by atoms with Gasteiger partial charge in [-0.15, -0.1) is 0 Å². The molecular formula is C12H22N2O2. The molecule has 0 aliphatic heterocycles. The van der Waals surface area contributed by atoms with Gasteiger partial charge in [-0.25, -0.2) is 0 Å². The summed E-state index contributed by atoms with van der Waals surface area (Å²) in [5, 5.41) is 14.5. The molecular weight excluding hydrogens is 204 g/mol. The number of ether oxygens (including phenoxy) is 1. The number of aliphatic hydroxyl groups excluding tert-OH is 1. The highest BCUT2D eigenvalue weighted by molar-refractivity contribution is 5.09. The molecule has 0 aliphatic carbocycles. The van der Waals surface area contributed by atoms with Gasteiger partial charge in [0.2, 0.25) is 0 Å². The third-order valence-corrected chi connectivity index (χ3v) is 2.64. The molecule has 1 aromatic rings. The van der Waals surface area contributed by atoms with Gasteiger partial charge in [-0.05, 0) is 33.3 Å². The highest BCUT2D eigenvalue weighted by atomic mass is 16.5. The molecule has 0 saturated heterocycles. The molecule has 92 valence electrons. The summed E-state index contributed by atoms with van der Waals surface area (Å²) in [6, 6.07) is 1.85. The first-order chi connectivity index (χ1) is 7.53. The highest BCUT2D eigenvalue weighted by Crippen LogP contribution is 2.28. The van der Waals surface area contributed by atoms with E-state index < -0.39 is 11.7 Å². The fourth-order valence-corrected chi connectivity index (χ4v) is 1.78. The van der Waals surface area contributed by atoms with Crippen LogP contribution in [0.3, 0.4) is 0 Å². The van der Waals surface area contributed by atoms with Crippen LogP contribution < -0.4 is 0 Å². The molecule has 1 heterocycles. The van der Waals surface area contributed by atoms with Crippen molar-refractivity contribution in [3.05, 3.63) is 18.0 Å². The van der Waals surface area contributed by atoms with E-state index in [1.54, 1.807) is 6.20 Å². The Labute approximate surface area is 97.2 Å². The van der Waals surface area contributed by atoms with E-state index in [4.69, 9.17) is 4.74 Å². The van der Waals surface area contributed by atoms with Crippen LogP contribution in [0.15, 0.2) is 12.3 Å². The first-order valence-electron chi connectivity index (χ1n) is 5.86. The van der Waals surface area contributed by atoms with Gasteiger partial charge in [0.25, 0.3) is 0 Å². The Morgan fingerprint density at radius 3 is 2.75 bits per heavy atom. The number of aliphatic hydroxyl groups is 1. The minimum atomic E-state index is -0.651. The van der Waals surface area contributed by atoms with E-state index >= 15 is 0 Å². The lowest BCUT2D eigenvalue weighted by atomic mass is 9.98. The Morgan fingerprint density at radius 1 is 1.50 bits per heavy atom. The van der Waals surface area contributed by atoms with E-state index in [2.05, 4.69) is 12.0 Å². The third-order valence-electron chi connectivity index (χ3n) is 2.64. The van der Waals surface area contributed by atoms with Gasteiger partial charge in [-0.1, -0.05) is 6.92 Å². The molecule has 1 atom stereocenters. The second kappa shape index (κ2) is 5.46. The summed E-state index contributed by atoms with van der Waals surface area (Å²) < 4.78 is 7.40. The van der Waals surface area contributed by atoms with Crippen LogP contribution in [0.25, 0.3) is 0 Å². The van der Waals surface area contributed by atoms with Gasteiger partial charge in [-0.2, -0.15) is 5.10 Å². The standard InChI is InChI=1S/C12H22N2O2/c1-5-9-14-10(7-8-13-14)11(15)12(3,4)16-6-2/h7-8,11,15H,5-6,9H2,1-4H3. The van der Waals surface area contributed by atoms with E-state index in [1.807, 2.05) is 31.5 Å². The molecule has 0 radical (unpaired) electrons. The van der Waals surface area contributed by atoms with Gasteiger partial charge in [0, 0.05) is 19.3 Å². The van der Waals surface area contributed by atoms with Crippen LogP contribution in [-0.4, -0.2) is 27.1 Å². The maximum absolute atomic E-state index is 10.3. The van der Waals surface area contributed by atoms with Crippen molar-refractivity contribution in [1.82, 2.24) is 9.78 Å². The summed E-state index contributed by atoms with van der Waals surface area (Å²) in [5.74, 6) is 0. The molecule has 4 heteroatoms. The fourth-order valence-electron chi connectivity index (χ4n) is 1.78. The Morgan fingerprint density at radius 2 is 2.19 bits per heavy atom. The SMILES string of the molecule is CCCn1nccc1C(O)C(C)(C)OCC. The number of rotatable bonds is 6. The average Bonchev–Trinajstić information content (AvgIpc) is 2.65. The van der Waals surface area contributed by atoms with E-state index in [9.17, 15) is 5.11 Å². The normalized spacial score (nSPS) is 14.1. The molecule has 0 saturated carbocycles. The first-order valence-corrected chi connectivity index (χ1v) is 5.86. The lowest BCUT2D eigenvalue weighted by Gasteiger charge is -2.30. The van der Waals surface area contributed by atoms with Crippen molar-refractivity contribution >= 4 is 0 Å². The van der Waals surface area contributed by atoms with Crippen molar-refractivity contribution in [1.29, 1.82) is 0 Å². The largest absolute Gasteiger partial charge is 0.384 e. The quantitative estimate of drug-likeness (QED) is 0.808. The zero-order valence-corrected chi connectivity index (χ0v) is 10.6. The molecule has 1 aromatic heterocycles. The van der Waals surface area contributed by atoms with Crippen molar-refractivity contribution in [2.24, 2.45) is 0 Å². The second-order valence-electron chi connectivity index (χ2n) is 4.42. The smallest absolute Gasteiger partial charge is 0.124 e. The van der Waals surface area contributed by atoms with E-state index in [1.165, 1.54) is 0 Å². The van der Waals surface area contributed by atoms with Gasteiger partial charge in [0.1, 0.15) is 6.10 Å². The molecule has 1 rings (SSSR count). The molecule has 0 spiro atoms. The van der Waals surface area contributed by atoms with Crippen LogP contribution in [0.4, 0.5) is 0 Å². The predicted octanol–water partition coefficient (Wildman–Crippen LogP) is 2.14. The molecule has 0 aromatic carbocycles. The van der Waals surface area contributed by atoms with E-state index in [-0.39, 0.29) is 0 Å². The Bertz CT molecular complexity index is 321. The number of aryl methyl sites for hydroxylation is 1. The molecule has 0 amide bonds. The van der Waals surface area contributed by atoms with Gasteiger partial charge >= 0.3 is 0 Å². The number of nitrogens with zero attached hydrogens (tertiary/aromatic N) is 2.